The molecule has 2 aromatic heterocycles. The molecule has 0 fully saturated rings. The normalized spacial score (nSPS) is 10.1. The molecule has 2 heterocycles. The maximum absolute atomic E-state index is 11.9. The van der Waals surface area contributed by atoms with Crippen molar-refractivity contribution in [1.82, 2.24) is 9.97 Å². The SMILES string of the molecule is Cc1cnc(Cl)c(NC(=O)c2ncccc2O)c1. The van der Waals surface area contributed by atoms with Crippen LogP contribution in [-0.2, 0) is 0 Å². The predicted octanol–water partition coefficient (Wildman–Crippen LogP) is 2.40. The lowest BCUT2D eigenvalue weighted by Gasteiger charge is -2.07. The van der Waals surface area contributed by atoms with E-state index in [1.165, 1.54) is 18.3 Å². The third kappa shape index (κ3) is 2.57. The van der Waals surface area contributed by atoms with Crippen LogP contribution in [0.4, 0.5) is 5.69 Å². The molecule has 1 amide bonds. The molecule has 2 aromatic rings. The van der Waals surface area contributed by atoms with Crippen molar-refractivity contribution in [2.75, 3.05) is 5.32 Å². The number of carbonyl (C=O) groups is 1. The highest BCUT2D eigenvalue weighted by atomic mass is 35.5. The molecule has 5 nitrogen and oxygen atoms in total. The number of aromatic nitrogens is 2. The summed E-state index contributed by atoms with van der Waals surface area (Å²) in [6.07, 6.45) is 3.01. The first-order chi connectivity index (χ1) is 8.58. The zero-order chi connectivity index (χ0) is 13.1. The lowest BCUT2D eigenvalue weighted by atomic mass is 10.2. The van der Waals surface area contributed by atoms with E-state index in [4.69, 9.17) is 11.6 Å². The Kier molecular flexibility index (Phi) is 3.43. The lowest BCUT2D eigenvalue weighted by molar-refractivity contribution is 0.101. The van der Waals surface area contributed by atoms with Gasteiger partial charge in [0.05, 0.1) is 5.69 Å². The molecule has 0 aliphatic carbocycles. The molecular formula is C12H10ClN3O2. The molecule has 0 aromatic carbocycles. The van der Waals surface area contributed by atoms with Gasteiger partial charge in [-0.05, 0) is 30.7 Å². The van der Waals surface area contributed by atoms with Gasteiger partial charge < -0.3 is 10.4 Å². The molecule has 0 aliphatic rings. The van der Waals surface area contributed by atoms with E-state index in [2.05, 4.69) is 15.3 Å². The third-order valence-corrected chi connectivity index (χ3v) is 2.53. The highest BCUT2D eigenvalue weighted by Crippen LogP contribution is 2.21. The van der Waals surface area contributed by atoms with Crippen molar-refractivity contribution >= 4 is 23.2 Å². The monoisotopic (exact) mass is 263 g/mol. The van der Waals surface area contributed by atoms with Gasteiger partial charge in [-0.2, -0.15) is 0 Å². The summed E-state index contributed by atoms with van der Waals surface area (Å²) in [4.78, 5) is 19.6. The second kappa shape index (κ2) is 5.01. The molecule has 2 N–H and O–H groups in total. The predicted molar refractivity (Wildman–Crippen MR) is 67.8 cm³/mol. The van der Waals surface area contributed by atoms with E-state index in [9.17, 15) is 9.90 Å². The Hall–Kier alpha value is -2.14. The number of anilines is 1. The number of amides is 1. The number of pyridine rings is 2. The Labute approximate surface area is 108 Å². The minimum absolute atomic E-state index is 0.0601. The molecule has 0 spiro atoms. The summed E-state index contributed by atoms with van der Waals surface area (Å²) in [6, 6.07) is 4.61. The highest BCUT2D eigenvalue weighted by Gasteiger charge is 2.14. The quantitative estimate of drug-likeness (QED) is 0.816. The number of halogens is 1. The van der Waals surface area contributed by atoms with Crippen LogP contribution in [0, 0.1) is 6.92 Å². The summed E-state index contributed by atoms with van der Waals surface area (Å²) >= 11 is 5.86. The van der Waals surface area contributed by atoms with Crippen molar-refractivity contribution in [2.24, 2.45) is 0 Å². The van der Waals surface area contributed by atoms with Crippen LogP contribution < -0.4 is 5.32 Å². The van der Waals surface area contributed by atoms with Crippen LogP contribution in [0.25, 0.3) is 0 Å². The first kappa shape index (κ1) is 12.3. The molecule has 6 heteroatoms. The topological polar surface area (TPSA) is 75.1 Å². The number of nitrogens with one attached hydrogen (secondary N) is 1. The van der Waals surface area contributed by atoms with Gasteiger partial charge in [0.25, 0.3) is 5.91 Å². The third-order valence-electron chi connectivity index (χ3n) is 2.23. The molecule has 0 aliphatic heterocycles. The number of nitrogens with zero attached hydrogens (tertiary/aromatic N) is 2. The molecule has 92 valence electrons. The van der Waals surface area contributed by atoms with E-state index in [0.717, 1.165) is 5.56 Å². The van der Waals surface area contributed by atoms with E-state index in [0.29, 0.717) is 5.69 Å². The Morgan fingerprint density at radius 1 is 1.44 bits per heavy atom. The number of hydrogen-bond donors (Lipinski definition) is 2. The number of hydrogen-bond acceptors (Lipinski definition) is 4. The smallest absolute Gasteiger partial charge is 0.278 e. The van der Waals surface area contributed by atoms with Crippen LogP contribution in [0.3, 0.4) is 0 Å². The molecule has 0 saturated carbocycles. The fourth-order valence-corrected chi connectivity index (χ4v) is 1.54. The Balaban J connectivity index is 2.27. The van der Waals surface area contributed by atoms with Crippen LogP contribution >= 0.6 is 11.6 Å². The number of aromatic hydroxyl groups is 1. The van der Waals surface area contributed by atoms with E-state index in [-0.39, 0.29) is 16.6 Å². The summed E-state index contributed by atoms with van der Waals surface area (Å²) in [5, 5.41) is 12.2. The Morgan fingerprint density at radius 2 is 2.22 bits per heavy atom. The van der Waals surface area contributed by atoms with Gasteiger partial charge in [-0.3, -0.25) is 4.79 Å². The maximum atomic E-state index is 11.9. The summed E-state index contributed by atoms with van der Waals surface area (Å²) in [6.45, 7) is 1.83. The Bertz CT molecular complexity index is 602. The number of rotatable bonds is 2. The zero-order valence-corrected chi connectivity index (χ0v) is 10.3. The molecule has 0 bridgehead atoms. The van der Waals surface area contributed by atoms with Crippen molar-refractivity contribution in [3.8, 4) is 5.75 Å². The molecule has 0 saturated heterocycles. The van der Waals surface area contributed by atoms with Gasteiger partial charge in [-0.15, -0.1) is 0 Å². The second-order valence-corrected chi connectivity index (χ2v) is 4.03. The van der Waals surface area contributed by atoms with Gasteiger partial charge >= 0.3 is 0 Å². The minimum atomic E-state index is -0.539. The fraction of sp³-hybridized carbons (Fsp3) is 0.0833. The van der Waals surface area contributed by atoms with Crippen LogP contribution in [0.5, 0.6) is 5.75 Å². The molecule has 0 unspecified atom stereocenters. The molecular weight excluding hydrogens is 254 g/mol. The molecule has 2 rings (SSSR count). The van der Waals surface area contributed by atoms with Gasteiger partial charge in [-0.25, -0.2) is 9.97 Å². The molecule has 0 atom stereocenters. The van der Waals surface area contributed by atoms with Gasteiger partial charge in [0.1, 0.15) is 5.75 Å². The van der Waals surface area contributed by atoms with Crippen LogP contribution in [0.2, 0.25) is 5.15 Å². The number of aryl methyl sites for hydroxylation is 1. The second-order valence-electron chi connectivity index (χ2n) is 3.68. The highest BCUT2D eigenvalue weighted by molar-refractivity contribution is 6.32. The summed E-state index contributed by atoms with van der Waals surface area (Å²) in [7, 11) is 0. The van der Waals surface area contributed by atoms with Crippen LogP contribution in [-0.4, -0.2) is 21.0 Å². The summed E-state index contributed by atoms with van der Waals surface area (Å²) in [5.41, 5.74) is 1.18. The van der Waals surface area contributed by atoms with E-state index in [1.807, 2.05) is 6.92 Å². The fourth-order valence-electron chi connectivity index (χ4n) is 1.39. The van der Waals surface area contributed by atoms with Gasteiger partial charge in [-0.1, -0.05) is 11.6 Å². The van der Waals surface area contributed by atoms with Crippen molar-refractivity contribution in [3.63, 3.8) is 0 Å². The minimum Gasteiger partial charge on any atom is -0.505 e. The molecule has 0 radical (unpaired) electrons. The van der Waals surface area contributed by atoms with Crippen LogP contribution in [0.15, 0.2) is 30.6 Å². The van der Waals surface area contributed by atoms with E-state index < -0.39 is 5.91 Å². The first-order valence-electron chi connectivity index (χ1n) is 5.15. The van der Waals surface area contributed by atoms with Crippen LogP contribution in [0.1, 0.15) is 16.1 Å². The summed E-state index contributed by atoms with van der Waals surface area (Å²) in [5.74, 6) is -0.728. The van der Waals surface area contributed by atoms with Crippen molar-refractivity contribution < 1.29 is 9.90 Å². The first-order valence-corrected chi connectivity index (χ1v) is 5.53. The average Bonchev–Trinajstić information content (AvgIpc) is 2.34. The van der Waals surface area contributed by atoms with Crippen molar-refractivity contribution in [3.05, 3.63) is 47.0 Å². The van der Waals surface area contributed by atoms with E-state index in [1.54, 1.807) is 12.3 Å². The standard InChI is InChI=1S/C12H10ClN3O2/c1-7-5-8(11(13)15-6-7)16-12(18)10-9(17)3-2-4-14-10/h2-6,17H,1H3,(H,16,18). The van der Waals surface area contributed by atoms with Gasteiger partial charge in [0, 0.05) is 12.4 Å². The summed E-state index contributed by atoms with van der Waals surface area (Å²) < 4.78 is 0. The average molecular weight is 264 g/mol. The van der Waals surface area contributed by atoms with Crippen molar-refractivity contribution in [2.45, 2.75) is 6.92 Å². The maximum Gasteiger partial charge on any atom is 0.278 e. The van der Waals surface area contributed by atoms with Crippen molar-refractivity contribution in [1.29, 1.82) is 0 Å². The van der Waals surface area contributed by atoms with E-state index >= 15 is 0 Å². The number of carbonyl (C=O) groups excluding carboxylic acids is 1. The largest absolute Gasteiger partial charge is 0.505 e. The Morgan fingerprint density at radius 3 is 2.94 bits per heavy atom. The lowest BCUT2D eigenvalue weighted by Crippen LogP contribution is -2.14. The zero-order valence-electron chi connectivity index (χ0n) is 9.51. The van der Waals surface area contributed by atoms with Gasteiger partial charge in [0.15, 0.2) is 10.8 Å². The van der Waals surface area contributed by atoms with Gasteiger partial charge in [0.2, 0.25) is 0 Å². The molecule has 18 heavy (non-hydrogen) atoms.